The third-order valence-electron chi connectivity index (χ3n) is 2.12. The number of amides is 1. The Labute approximate surface area is 95.0 Å². The molecule has 4 heteroatoms. The van der Waals surface area contributed by atoms with Crippen LogP contribution in [-0.4, -0.2) is 23.2 Å². The Bertz CT molecular complexity index is 352. The molecule has 1 amide bonds. The molecule has 0 aliphatic rings. The fourth-order valence-electron chi connectivity index (χ4n) is 1.13. The van der Waals surface area contributed by atoms with Crippen molar-refractivity contribution < 1.29 is 14.6 Å². The van der Waals surface area contributed by atoms with E-state index in [4.69, 9.17) is 10.5 Å². The highest BCUT2D eigenvalue weighted by Gasteiger charge is 2.12. The zero-order valence-electron chi connectivity index (χ0n) is 9.56. The van der Waals surface area contributed by atoms with E-state index in [0.717, 1.165) is 0 Å². The minimum absolute atomic E-state index is 0.430. The molecule has 88 valence electrons. The standard InChI is InChI=1S/C12H17NO3/c1-12(2,15)7-8-16-10-5-3-9(4-6-10)11(13)14/h3-6,15H,7-8H2,1-2H3,(H2,13,14). The zero-order chi connectivity index (χ0) is 12.2. The third-order valence-corrected chi connectivity index (χ3v) is 2.12. The predicted molar refractivity (Wildman–Crippen MR) is 61.4 cm³/mol. The fourth-order valence-corrected chi connectivity index (χ4v) is 1.13. The molecule has 4 nitrogen and oxygen atoms in total. The van der Waals surface area contributed by atoms with Gasteiger partial charge in [-0.05, 0) is 38.1 Å². The molecule has 0 spiro atoms. The van der Waals surface area contributed by atoms with Crippen molar-refractivity contribution in [3.8, 4) is 5.75 Å². The lowest BCUT2D eigenvalue weighted by Gasteiger charge is -2.17. The van der Waals surface area contributed by atoms with E-state index in [1.165, 1.54) is 0 Å². The number of rotatable bonds is 5. The predicted octanol–water partition coefficient (Wildman–Crippen LogP) is 1.33. The van der Waals surface area contributed by atoms with Crippen molar-refractivity contribution in [3.63, 3.8) is 0 Å². The van der Waals surface area contributed by atoms with Gasteiger partial charge < -0.3 is 15.6 Å². The van der Waals surface area contributed by atoms with Gasteiger partial charge in [0, 0.05) is 12.0 Å². The van der Waals surface area contributed by atoms with Gasteiger partial charge in [-0.2, -0.15) is 0 Å². The summed E-state index contributed by atoms with van der Waals surface area (Å²) in [5, 5.41) is 9.47. The van der Waals surface area contributed by atoms with Gasteiger partial charge in [-0.3, -0.25) is 4.79 Å². The highest BCUT2D eigenvalue weighted by molar-refractivity contribution is 5.92. The number of carbonyl (C=O) groups is 1. The van der Waals surface area contributed by atoms with Crippen molar-refractivity contribution in [1.82, 2.24) is 0 Å². The Kier molecular flexibility index (Phi) is 3.90. The number of hydrogen-bond donors (Lipinski definition) is 2. The minimum Gasteiger partial charge on any atom is -0.493 e. The fraction of sp³-hybridized carbons (Fsp3) is 0.417. The van der Waals surface area contributed by atoms with Gasteiger partial charge in [-0.15, -0.1) is 0 Å². The maximum Gasteiger partial charge on any atom is 0.248 e. The van der Waals surface area contributed by atoms with Gasteiger partial charge in [0.1, 0.15) is 5.75 Å². The lowest BCUT2D eigenvalue weighted by Crippen LogP contribution is -2.21. The van der Waals surface area contributed by atoms with Crippen LogP contribution in [0.2, 0.25) is 0 Å². The largest absolute Gasteiger partial charge is 0.493 e. The Morgan fingerprint density at radius 1 is 1.38 bits per heavy atom. The van der Waals surface area contributed by atoms with Crippen LogP contribution in [0, 0.1) is 0 Å². The van der Waals surface area contributed by atoms with E-state index in [9.17, 15) is 9.90 Å². The number of nitrogens with two attached hydrogens (primary N) is 1. The molecule has 3 N–H and O–H groups in total. The number of primary amides is 1. The summed E-state index contributed by atoms with van der Waals surface area (Å²) in [6.07, 6.45) is 0.546. The first kappa shape index (κ1) is 12.5. The highest BCUT2D eigenvalue weighted by Crippen LogP contribution is 2.14. The molecule has 0 aromatic heterocycles. The molecular formula is C12H17NO3. The van der Waals surface area contributed by atoms with Crippen molar-refractivity contribution in [1.29, 1.82) is 0 Å². The number of aliphatic hydroxyl groups is 1. The van der Waals surface area contributed by atoms with Crippen LogP contribution in [0.25, 0.3) is 0 Å². The van der Waals surface area contributed by atoms with Crippen LogP contribution in [0.15, 0.2) is 24.3 Å². The Balaban J connectivity index is 2.47. The number of ether oxygens (including phenoxy) is 1. The van der Waals surface area contributed by atoms with E-state index in [2.05, 4.69) is 0 Å². The average molecular weight is 223 g/mol. The first-order chi connectivity index (χ1) is 7.38. The van der Waals surface area contributed by atoms with E-state index in [0.29, 0.717) is 24.3 Å². The molecule has 0 radical (unpaired) electrons. The van der Waals surface area contributed by atoms with Crippen molar-refractivity contribution in [2.75, 3.05) is 6.61 Å². The van der Waals surface area contributed by atoms with Crippen LogP contribution in [0.5, 0.6) is 5.75 Å². The van der Waals surface area contributed by atoms with Crippen LogP contribution in [0.3, 0.4) is 0 Å². The van der Waals surface area contributed by atoms with E-state index < -0.39 is 11.5 Å². The summed E-state index contributed by atoms with van der Waals surface area (Å²) in [6, 6.07) is 6.60. The Morgan fingerprint density at radius 2 is 1.94 bits per heavy atom. The first-order valence-electron chi connectivity index (χ1n) is 5.13. The Morgan fingerprint density at radius 3 is 2.38 bits per heavy atom. The Hall–Kier alpha value is -1.55. The van der Waals surface area contributed by atoms with E-state index >= 15 is 0 Å². The topological polar surface area (TPSA) is 72.6 Å². The molecule has 0 saturated heterocycles. The second-order valence-corrected chi connectivity index (χ2v) is 4.30. The minimum atomic E-state index is -0.729. The van der Waals surface area contributed by atoms with Gasteiger partial charge in [-0.1, -0.05) is 0 Å². The summed E-state index contributed by atoms with van der Waals surface area (Å²) >= 11 is 0. The SMILES string of the molecule is CC(C)(O)CCOc1ccc(C(N)=O)cc1. The molecule has 1 aromatic carbocycles. The maximum absolute atomic E-state index is 10.8. The lowest BCUT2D eigenvalue weighted by atomic mass is 10.1. The lowest BCUT2D eigenvalue weighted by molar-refractivity contribution is 0.0553. The second kappa shape index (κ2) is 4.99. The smallest absolute Gasteiger partial charge is 0.248 e. The van der Waals surface area contributed by atoms with Crippen LogP contribution >= 0.6 is 0 Å². The maximum atomic E-state index is 10.8. The summed E-state index contributed by atoms with van der Waals surface area (Å²) in [7, 11) is 0. The summed E-state index contributed by atoms with van der Waals surface area (Å²) < 4.78 is 5.40. The third kappa shape index (κ3) is 4.31. The van der Waals surface area contributed by atoms with Crippen LogP contribution in [0.4, 0.5) is 0 Å². The van der Waals surface area contributed by atoms with E-state index in [-0.39, 0.29) is 0 Å². The molecule has 0 aliphatic heterocycles. The molecule has 0 bridgehead atoms. The van der Waals surface area contributed by atoms with Gasteiger partial charge in [0.25, 0.3) is 0 Å². The number of benzene rings is 1. The monoisotopic (exact) mass is 223 g/mol. The molecule has 1 aromatic rings. The zero-order valence-corrected chi connectivity index (χ0v) is 9.56. The van der Waals surface area contributed by atoms with Crippen LogP contribution in [-0.2, 0) is 0 Å². The molecule has 16 heavy (non-hydrogen) atoms. The first-order valence-corrected chi connectivity index (χ1v) is 5.13. The summed E-state index contributed by atoms with van der Waals surface area (Å²) in [4.78, 5) is 10.8. The molecule has 0 aliphatic carbocycles. The highest BCUT2D eigenvalue weighted by atomic mass is 16.5. The molecular weight excluding hydrogens is 206 g/mol. The van der Waals surface area contributed by atoms with Gasteiger partial charge in [0.15, 0.2) is 0 Å². The van der Waals surface area contributed by atoms with Crippen molar-refractivity contribution in [3.05, 3.63) is 29.8 Å². The molecule has 0 fully saturated rings. The van der Waals surface area contributed by atoms with Gasteiger partial charge in [0.2, 0.25) is 5.91 Å². The number of carbonyl (C=O) groups excluding carboxylic acids is 1. The van der Waals surface area contributed by atoms with Crippen LogP contribution < -0.4 is 10.5 Å². The van der Waals surface area contributed by atoms with Crippen molar-refractivity contribution in [2.45, 2.75) is 25.9 Å². The van der Waals surface area contributed by atoms with Crippen LogP contribution in [0.1, 0.15) is 30.6 Å². The van der Waals surface area contributed by atoms with E-state index in [1.807, 2.05) is 0 Å². The summed E-state index contributed by atoms with van der Waals surface area (Å²) in [6.45, 7) is 3.89. The summed E-state index contributed by atoms with van der Waals surface area (Å²) in [5.74, 6) is 0.206. The normalized spacial score (nSPS) is 11.2. The molecule has 0 atom stereocenters. The van der Waals surface area contributed by atoms with E-state index in [1.54, 1.807) is 38.1 Å². The molecule has 0 heterocycles. The quantitative estimate of drug-likeness (QED) is 0.790. The number of hydrogen-bond acceptors (Lipinski definition) is 3. The van der Waals surface area contributed by atoms with Gasteiger partial charge >= 0.3 is 0 Å². The van der Waals surface area contributed by atoms with Gasteiger partial charge in [0.05, 0.1) is 12.2 Å². The molecule has 0 saturated carbocycles. The van der Waals surface area contributed by atoms with Crippen molar-refractivity contribution >= 4 is 5.91 Å². The van der Waals surface area contributed by atoms with Crippen molar-refractivity contribution in [2.24, 2.45) is 5.73 Å². The summed E-state index contributed by atoms with van der Waals surface area (Å²) in [5.41, 5.74) is 4.83. The molecule has 1 rings (SSSR count). The average Bonchev–Trinajstić information content (AvgIpc) is 2.16. The molecule has 0 unspecified atom stereocenters. The second-order valence-electron chi connectivity index (χ2n) is 4.30. The van der Waals surface area contributed by atoms with Gasteiger partial charge in [-0.25, -0.2) is 0 Å².